The Balaban J connectivity index is 1.72. The van der Waals surface area contributed by atoms with Crippen molar-refractivity contribution in [2.24, 2.45) is 4.99 Å². The average Bonchev–Trinajstić information content (AvgIpc) is 3.48. The van der Waals surface area contributed by atoms with Gasteiger partial charge in [-0.25, -0.2) is 4.99 Å². The molecule has 1 aliphatic carbocycles. The van der Waals surface area contributed by atoms with Crippen LogP contribution in [0.3, 0.4) is 0 Å². The highest BCUT2D eigenvalue weighted by Gasteiger charge is 2.23. The number of nitrogens with zero attached hydrogens (tertiary/aromatic N) is 1. The molecule has 0 unspecified atom stereocenters. The van der Waals surface area contributed by atoms with Crippen LogP contribution in [0.15, 0.2) is 29.3 Å². The minimum absolute atomic E-state index is 0.0443. The normalized spacial score (nSPS) is 14.1. The summed E-state index contributed by atoms with van der Waals surface area (Å²) in [4.78, 5) is 27.9. The Morgan fingerprint density at radius 2 is 1.80 bits per heavy atom. The number of guanidine groups is 1. The van der Waals surface area contributed by atoms with Crippen LogP contribution >= 0.6 is 0 Å². The molecule has 2 rings (SSSR count). The number of hydrogen-bond acceptors (Lipinski definition) is 4. The van der Waals surface area contributed by atoms with Gasteiger partial charge in [0, 0.05) is 24.7 Å². The molecule has 1 aliphatic rings. The highest BCUT2D eigenvalue weighted by molar-refractivity contribution is 5.85. The summed E-state index contributed by atoms with van der Waals surface area (Å²) in [6, 6.07) is 8.05. The molecule has 0 radical (unpaired) electrons. The van der Waals surface area contributed by atoms with Crippen molar-refractivity contribution in [3.63, 3.8) is 0 Å². The zero-order chi connectivity index (χ0) is 22.0. The fourth-order valence-corrected chi connectivity index (χ4v) is 2.67. The van der Waals surface area contributed by atoms with Gasteiger partial charge in [-0.3, -0.25) is 9.59 Å². The van der Waals surface area contributed by atoms with E-state index in [4.69, 9.17) is 4.74 Å². The smallest absolute Gasteiger partial charge is 0.258 e. The Morgan fingerprint density at radius 3 is 2.40 bits per heavy atom. The summed E-state index contributed by atoms with van der Waals surface area (Å²) in [6.45, 7) is 9.32. The Morgan fingerprint density at radius 1 is 1.10 bits per heavy atom. The van der Waals surface area contributed by atoms with Crippen LogP contribution in [0.4, 0.5) is 0 Å². The van der Waals surface area contributed by atoms with Crippen molar-refractivity contribution in [3.8, 4) is 5.75 Å². The summed E-state index contributed by atoms with van der Waals surface area (Å²) >= 11 is 0. The van der Waals surface area contributed by atoms with Crippen LogP contribution < -0.4 is 26.0 Å². The van der Waals surface area contributed by atoms with Crippen molar-refractivity contribution < 1.29 is 14.3 Å². The predicted octanol–water partition coefficient (Wildman–Crippen LogP) is 1.36. The second-order valence-corrected chi connectivity index (χ2v) is 8.44. The molecule has 0 bridgehead atoms. The van der Waals surface area contributed by atoms with Gasteiger partial charge in [-0.1, -0.05) is 12.1 Å². The maximum absolute atomic E-state index is 11.9. The first kappa shape index (κ1) is 23.5. The molecule has 0 atom stereocenters. The minimum Gasteiger partial charge on any atom is -0.484 e. The number of rotatable bonds is 10. The van der Waals surface area contributed by atoms with E-state index >= 15 is 0 Å². The lowest BCUT2D eigenvalue weighted by atomic mass is 10.1. The van der Waals surface area contributed by atoms with E-state index in [-0.39, 0.29) is 30.5 Å². The molecule has 30 heavy (non-hydrogen) atoms. The molecule has 8 heteroatoms. The van der Waals surface area contributed by atoms with Gasteiger partial charge < -0.3 is 26.0 Å². The standard InChI is InChI=1S/C22H35N5O3/c1-5-23-21(25-14-19(28)27-22(2,3)4)24-13-12-16-6-10-18(11-7-16)30-15-20(29)26-17-8-9-17/h6-7,10-11,17H,5,8-9,12-15H2,1-4H3,(H,26,29)(H,27,28)(H2,23,24,25). The first-order chi connectivity index (χ1) is 14.2. The number of benzene rings is 1. The van der Waals surface area contributed by atoms with Crippen LogP contribution in [0, 0.1) is 0 Å². The number of nitrogens with one attached hydrogen (secondary N) is 4. The van der Waals surface area contributed by atoms with Crippen LogP contribution in [0.1, 0.15) is 46.1 Å². The average molecular weight is 418 g/mol. The van der Waals surface area contributed by atoms with Crippen molar-refractivity contribution in [3.05, 3.63) is 29.8 Å². The molecule has 1 fully saturated rings. The molecule has 1 saturated carbocycles. The van der Waals surface area contributed by atoms with Gasteiger partial charge in [0.1, 0.15) is 12.3 Å². The fraction of sp³-hybridized carbons (Fsp3) is 0.591. The van der Waals surface area contributed by atoms with Crippen LogP contribution in [0.5, 0.6) is 5.75 Å². The largest absolute Gasteiger partial charge is 0.484 e. The third-order valence-electron chi connectivity index (χ3n) is 4.18. The van der Waals surface area contributed by atoms with Gasteiger partial charge in [-0.05, 0) is 64.7 Å². The maximum Gasteiger partial charge on any atom is 0.258 e. The van der Waals surface area contributed by atoms with E-state index in [0.717, 1.165) is 24.8 Å². The molecule has 8 nitrogen and oxygen atoms in total. The molecule has 2 amide bonds. The summed E-state index contributed by atoms with van der Waals surface area (Å²) in [6.07, 6.45) is 2.93. The molecule has 1 aromatic carbocycles. The Bertz CT molecular complexity index is 721. The van der Waals surface area contributed by atoms with Crippen molar-refractivity contribution in [2.75, 3.05) is 26.2 Å². The van der Waals surface area contributed by atoms with Gasteiger partial charge in [0.2, 0.25) is 5.91 Å². The van der Waals surface area contributed by atoms with Crippen LogP contribution in [-0.4, -0.2) is 55.6 Å². The topological polar surface area (TPSA) is 104 Å². The number of hydrogen-bond donors (Lipinski definition) is 4. The summed E-state index contributed by atoms with van der Waals surface area (Å²) in [5, 5.41) is 12.2. The summed E-state index contributed by atoms with van der Waals surface area (Å²) in [5.41, 5.74) is 0.869. The molecule has 4 N–H and O–H groups in total. The van der Waals surface area contributed by atoms with E-state index in [1.807, 2.05) is 52.0 Å². The van der Waals surface area contributed by atoms with Gasteiger partial charge in [-0.2, -0.15) is 0 Å². The van der Waals surface area contributed by atoms with Crippen molar-refractivity contribution in [2.45, 2.75) is 58.5 Å². The molecular weight excluding hydrogens is 382 g/mol. The Kier molecular flexibility index (Phi) is 8.95. The lowest BCUT2D eigenvalue weighted by Crippen LogP contribution is -2.43. The second-order valence-electron chi connectivity index (χ2n) is 8.44. The van der Waals surface area contributed by atoms with Gasteiger partial charge in [-0.15, -0.1) is 0 Å². The lowest BCUT2D eigenvalue weighted by molar-refractivity contribution is -0.123. The van der Waals surface area contributed by atoms with Crippen molar-refractivity contribution >= 4 is 17.8 Å². The van der Waals surface area contributed by atoms with Crippen LogP contribution in [0.2, 0.25) is 0 Å². The fourth-order valence-electron chi connectivity index (χ4n) is 2.67. The molecule has 166 valence electrons. The van der Waals surface area contributed by atoms with E-state index in [0.29, 0.717) is 30.8 Å². The quantitative estimate of drug-likeness (QED) is 0.340. The zero-order valence-corrected chi connectivity index (χ0v) is 18.5. The van der Waals surface area contributed by atoms with E-state index < -0.39 is 0 Å². The van der Waals surface area contributed by atoms with E-state index in [1.165, 1.54) is 0 Å². The number of amides is 2. The number of aliphatic imine (C=N–C) groups is 1. The van der Waals surface area contributed by atoms with E-state index in [9.17, 15) is 9.59 Å². The summed E-state index contributed by atoms with van der Waals surface area (Å²) in [5.74, 6) is 1.11. The van der Waals surface area contributed by atoms with Gasteiger partial charge >= 0.3 is 0 Å². The second kappa shape index (κ2) is 11.4. The summed E-state index contributed by atoms with van der Waals surface area (Å²) < 4.78 is 5.52. The molecule has 0 aliphatic heterocycles. The first-order valence-electron chi connectivity index (χ1n) is 10.6. The summed E-state index contributed by atoms with van der Waals surface area (Å²) in [7, 11) is 0. The third-order valence-corrected chi connectivity index (χ3v) is 4.18. The molecular formula is C22H35N5O3. The van der Waals surface area contributed by atoms with Gasteiger partial charge in [0.05, 0.1) is 0 Å². The predicted molar refractivity (Wildman–Crippen MR) is 119 cm³/mol. The van der Waals surface area contributed by atoms with Crippen molar-refractivity contribution in [1.29, 1.82) is 0 Å². The van der Waals surface area contributed by atoms with Crippen molar-refractivity contribution in [1.82, 2.24) is 21.3 Å². The van der Waals surface area contributed by atoms with E-state index in [1.54, 1.807) is 0 Å². The molecule has 0 saturated heterocycles. The Hall–Kier alpha value is -2.77. The first-order valence-corrected chi connectivity index (χ1v) is 10.6. The monoisotopic (exact) mass is 417 g/mol. The van der Waals surface area contributed by atoms with Crippen LogP contribution in [0.25, 0.3) is 0 Å². The minimum atomic E-state index is -0.269. The SMILES string of the molecule is CCNC(=NCC(=O)NC(C)(C)C)NCCc1ccc(OCC(=O)NC2CC2)cc1. The number of carbonyl (C=O) groups is 2. The maximum atomic E-state index is 11.9. The van der Waals surface area contributed by atoms with E-state index in [2.05, 4.69) is 26.3 Å². The molecule has 0 spiro atoms. The molecule has 1 aromatic rings. The zero-order valence-electron chi connectivity index (χ0n) is 18.5. The third kappa shape index (κ3) is 10.1. The Labute approximate surface area is 179 Å². The number of carbonyl (C=O) groups excluding carboxylic acids is 2. The van der Waals surface area contributed by atoms with Gasteiger partial charge in [0.15, 0.2) is 12.6 Å². The van der Waals surface area contributed by atoms with Crippen LogP contribution in [-0.2, 0) is 16.0 Å². The molecule has 0 aromatic heterocycles. The van der Waals surface area contributed by atoms with Gasteiger partial charge in [0.25, 0.3) is 5.91 Å². The lowest BCUT2D eigenvalue weighted by Gasteiger charge is -2.20. The number of ether oxygens (including phenoxy) is 1. The highest BCUT2D eigenvalue weighted by Crippen LogP contribution is 2.18. The highest BCUT2D eigenvalue weighted by atomic mass is 16.5. The molecule has 0 heterocycles.